The molecule has 0 aromatic rings. The van der Waals surface area contributed by atoms with Crippen molar-refractivity contribution >= 4 is 5.91 Å². The molecule has 0 spiro atoms. The zero-order chi connectivity index (χ0) is 45.9. The highest BCUT2D eigenvalue weighted by atomic mass is 16.7. The summed E-state index contributed by atoms with van der Waals surface area (Å²) in [5, 5.41) is 54.3. The van der Waals surface area contributed by atoms with Crippen molar-refractivity contribution in [3.05, 3.63) is 85.1 Å². The maximum Gasteiger partial charge on any atom is 0.220 e. The van der Waals surface area contributed by atoms with Gasteiger partial charge in [-0.25, -0.2) is 0 Å². The highest BCUT2D eigenvalue weighted by Crippen LogP contribution is 2.22. The molecule has 1 aliphatic rings. The van der Waals surface area contributed by atoms with Crippen molar-refractivity contribution in [2.45, 2.75) is 236 Å². The fraction of sp³-hybridized carbons (Fsp3) is 0.722. The van der Waals surface area contributed by atoms with E-state index in [4.69, 9.17) is 9.47 Å². The summed E-state index contributed by atoms with van der Waals surface area (Å²) in [4.78, 5) is 13.0. The van der Waals surface area contributed by atoms with Crippen LogP contribution in [-0.4, -0.2) is 87.5 Å². The normalized spacial score (nSPS) is 20.9. The van der Waals surface area contributed by atoms with Crippen LogP contribution in [0.5, 0.6) is 0 Å². The van der Waals surface area contributed by atoms with Gasteiger partial charge in [0.1, 0.15) is 24.4 Å². The fourth-order valence-electron chi connectivity index (χ4n) is 7.41. The summed E-state index contributed by atoms with van der Waals surface area (Å²) >= 11 is 0. The third kappa shape index (κ3) is 33.5. The standard InChI is InChI=1S/C54H93NO8/c1-3-5-7-9-11-13-15-17-19-20-21-22-23-24-25-26-27-28-30-32-34-36-38-40-42-44-50(58)55-47(46-62-54-53(61)52(60)51(59)49(45-56)63-54)48(57)43-41-39-37-35-33-31-29-18-16-14-12-10-8-6-4-2/h5,7,11,13,16-19,21-22,33,35,41,43,47-49,51-54,56-57,59-61H,3-4,6,8-10,12,14-15,20,23-32,34,36-40,42,44-46H2,1-2H3,(H,55,58)/b7-5-,13-11-,18-16+,19-17-,22-21-,35-33+,43-41+. The summed E-state index contributed by atoms with van der Waals surface area (Å²) < 4.78 is 11.2. The second-order valence-electron chi connectivity index (χ2n) is 17.2. The highest BCUT2D eigenvalue weighted by Gasteiger charge is 2.44. The van der Waals surface area contributed by atoms with Crippen LogP contribution in [0.1, 0.15) is 194 Å². The summed E-state index contributed by atoms with van der Waals surface area (Å²) in [6, 6.07) is -0.833. The Morgan fingerprint density at radius 3 is 1.52 bits per heavy atom. The van der Waals surface area contributed by atoms with E-state index in [0.717, 1.165) is 77.0 Å². The zero-order valence-electron chi connectivity index (χ0n) is 39.8. The molecule has 0 aromatic carbocycles. The molecule has 0 saturated carbocycles. The number of rotatable bonds is 41. The molecule has 63 heavy (non-hydrogen) atoms. The number of nitrogens with one attached hydrogen (secondary N) is 1. The minimum atomic E-state index is -1.58. The number of aliphatic hydroxyl groups excluding tert-OH is 5. The molecule has 1 heterocycles. The van der Waals surface area contributed by atoms with Crippen molar-refractivity contribution in [1.29, 1.82) is 0 Å². The van der Waals surface area contributed by atoms with E-state index in [1.807, 2.05) is 6.08 Å². The van der Waals surface area contributed by atoms with E-state index in [-0.39, 0.29) is 12.5 Å². The molecule has 1 amide bonds. The maximum atomic E-state index is 13.0. The Hall–Kier alpha value is -2.63. The first-order valence-corrected chi connectivity index (χ1v) is 25.3. The van der Waals surface area contributed by atoms with Crippen LogP contribution in [-0.2, 0) is 14.3 Å². The molecule has 1 rings (SSSR count). The molecule has 0 bridgehead atoms. The number of hydrogen-bond acceptors (Lipinski definition) is 8. The third-order valence-electron chi connectivity index (χ3n) is 11.4. The minimum Gasteiger partial charge on any atom is -0.394 e. The molecule has 1 aliphatic heterocycles. The Morgan fingerprint density at radius 1 is 0.556 bits per heavy atom. The van der Waals surface area contributed by atoms with Crippen LogP contribution in [0.2, 0.25) is 0 Å². The van der Waals surface area contributed by atoms with Crippen molar-refractivity contribution in [2.24, 2.45) is 0 Å². The average molecular weight is 884 g/mol. The van der Waals surface area contributed by atoms with Gasteiger partial charge < -0.3 is 40.3 Å². The summed E-state index contributed by atoms with van der Waals surface area (Å²) in [5.41, 5.74) is 0. The largest absolute Gasteiger partial charge is 0.394 e. The van der Waals surface area contributed by atoms with Crippen LogP contribution in [0.25, 0.3) is 0 Å². The van der Waals surface area contributed by atoms with Gasteiger partial charge in [-0.2, -0.15) is 0 Å². The summed E-state index contributed by atoms with van der Waals surface area (Å²) in [7, 11) is 0. The smallest absolute Gasteiger partial charge is 0.220 e. The van der Waals surface area contributed by atoms with Crippen molar-refractivity contribution in [3.63, 3.8) is 0 Å². The van der Waals surface area contributed by atoms with Gasteiger partial charge in [-0.15, -0.1) is 0 Å². The predicted octanol–water partition coefficient (Wildman–Crippen LogP) is 11.5. The molecular weight excluding hydrogens is 791 g/mol. The Morgan fingerprint density at radius 2 is 1.00 bits per heavy atom. The maximum absolute atomic E-state index is 13.0. The molecule has 362 valence electrons. The number of ether oxygens (including phenoxy) is 2. The van der Waals surface area contributed by atoms with Gasteiger partial charge in [-0.1, -0.05) is 189 Å². The second kappa shape index (κ2) is 43.3. The summed E-state index contributed by atoms with van der Waals surface area (Å²) in [6.07, 6.45) is 53.4. The van der Waals surface area contributed by atoms with Crippen molar-refractivity contribution < 1.29 is 39.8 Å². The quantitative estimate of drug-likeness (QED) is 0.0263. The van der Waals surface area contributed by atoms with Gasteiger partial charge >= 0.3 is 0 Å². The molecule has 1 fully saturated rings. The van der Waals surface area contributed by atoms with E-state index < -0.39 is 49.5 Å². The fourth-order valence-corrected chi connectivity index (χ4v) is 7.41. The molecule has 9 nitrogen and oxygen atoms in total. The van der Waals surface area contributed by atoms with Gasteiger partial charge in [-0.3, -0.25) is 4.79 Å². The molecule has 0 aromatic heterocycles. The van der Waals surface area contributed by atoms with Crippen molar-refractivity contribution in [1.82, 2.24) is 5.32 Å². The summed E-state index contributed by atoms with van der Waals surface area (Å²) in [6.45, 7) is 3.61. The lowest BCUT2D eigenvalue weighted by atomic mass is 9.99. The summed E-state index contributed by atoms with van der Waals surface area (Å²) in [5.74, 6) is -0.197. The predicted molar refractivity (Wildman–Crippen MR) is 262 cm³/mol. The minimum absolute atomic E-state index is 0.197. The average Bonchev–Trinajstić information content (AvgIpc) is 3.28. The van der Waals surface area contributed by atoms with Crippen LogP contribution in [0, 0.1) is 0 Å². The first-order chi connectivity index (χ1) is 30.8. The monoisotopic (exact) mass is 884 g/mol. The van der Waals surface area contributed by atoms with E-state index in [2.05, 4.69) is 92.1 Å². The topological polar surface area (TPSA) is 149 Å². The number of carbonyl (C=O) groups is 1. The van der Waals surface area contributed by atoms with Crippen LogP contribution >= 0.6 is 0 Å². The van der Waals surface area contributed by atoms with Crippen molar-refractivity contribution in [3.8, 4) is 0 Å². The Bertz CT molecular complexity index is 1260. The van der Waals surface area contributed by atoms with Gasteiger partial charge in [0.15, 0.2) is 6.29 Å². The number of unbranched alkanes of at least 4 members (excludes halogenated alkanes) is 19. The number of amides is 1. The van der Waals surface area contributed by atoms with E-state index in [1.54, 1.807) is 6.08 Å². The molecule has 7 unspecified atom stereocenters. The molecular formula is C54H93NO8. The second-order valence-corrected chi connectivity index (χ2v) is 17.2. The Labute approximate surface area is 384 Å². The third-order valence-corrected chi connectivity index (χ3v) is 11.4. The van der Waals surface area contributed by atoms with Crippen LogP contribution < -0.4 is 5.32 Å². The lowest BCUT2D eigenvalue weighted by molar-refractivity contribution is -0.302. The van der Waals surface area contributed by atoms with Crippen LogP contribution in [0.4, 0.5) is 0 Å². The number of allylic oxidation sites excluding steroid dienone is 13. The van der Waals surface area contributed by atoms with E-state index in [0.29, 0.717) is 6.42 Å². The SMILES string of the molecule is CC/C=C\C/C=C\C/C=C\C/C=C\CCCCCCCCCCCCCCC(=O)NC(COC1OC(CO)C(O)C(O)C1O)C(O)/C=C/CC/C=C/CC/C=C/CCCCCCC. The number of aliphatic hydroxyl groups is 5. The van der Waals surface area contributed by atoms with Crippen LogP contribution in [0.3, 0.4) is 0 Å². The van der Waals surface area contributed by atoms with Gasteiger partial charge in [0.2, 0.25) is 5.91 Å². The molecule has 1 saturated heterocycles. The van der Waals surface area contributed by atoms with Gasteiger partial charge in [0, 0.05) is 6.42 Å². The number of carbonyl (C=O) groups excluding carboxylic acids is 1. The molecule has 0 radical (unpaired) electrons. The lowest BCUT2D eigenvalue weighted by Gasteiger charge is -2.40. The highest BCUT2D eigenvalue weighted by molar-refractivity contribution is 5.76. The van der Waals surface area contributed by atoms with E-state index >= 15 is 0 Å². The first kappa shape index (κ1) is 58.4. The Kier molecular flexibility index (Phi) is 40.1. The van der Waals surface area contributed by atoms with Gasteiger partial charge in [0.05, 0.1) is 25.4 Å². The molecule has 6 N–H and O–H groups in total. The lowest BCUT2D eigenvalue weighted by Crippen LogP contribution is -2.60. The Balaban J connectivity index is 2.29. The van der Waals surface area contributed by atoms with Gasteiger partial charge in [0.25, 0.3) is 0 Å². The molecule has 7 atom stereocenters. The molecule has 9 heteroatoms. The zero-order valence-corrected chi connectivity index (χ0v) is 39.8. The van der Waals surface area contributed by atoms with E-state index in [9.17, 15) is 30.3 Å². The van der Waals surface area contributed by atoms with Crippen LogP contribution in [0.15, 0.2) is 85.1 Å². The van der Waals surface area contributed by atoms with E-state index in [1.165, 1.54) is 96.3 Å². The van der Waals surface area contributed by atoms with Crippen molar-refractivity contribution in [2.75, 3.05) is 13.2 Å². The van der Waals surface area contributed by atoms with Gasteiger partial charge in [-0.05, 0) is 83.5 Å². The number of hydrogen-bond donors (Lipinski definition) is 6. The first-order valence-electron chi connectivity index (χ1n) is 25.3. The molecule has 0 aliphatic carbocycles.